The number of carbonyl (C=O) groups is 4. The minimum atomic E-state index is -0.956. The molecule has 2 aliphatic rings. The molecule has 1 aliphatic carbocycles. The third kappa shape index (κ3) is 3.88. The molecule has 2 fully saturated rings. The number of carbonyl (C=O) groups excluding carboxylic acids is 4. The van der Waals surface area contributed by atoms with Crippen LogP contribution in [0.3, 0.4) is 0 Å². The average Bonchev–Trinajstić information content (AvgIpc) is 2.88. The molecule has 1 aliphatic heterocycles. The van der Waals surface area contributed by atoms with E-state index < -0.39 is 30.3 Å². The molecule has 0 radical (unpaired) electrons. The Bertz CT molecular complexity index is 843. The van der Waals surface area contributed by atoms with E-state index in [1.165, 1.54) is 0 Å². The Labute approximate surface area is 163 Å². The van der Waals surface area contributed by atoms with E-state index in [9.17, 15) is 19.2 Å². The van der Waals surface area contributed by atoms with Crippen LogP contribution in [-0.2, 0) is 20.8 Å². The first-order chi connectivity index (χ1) is 13.4. The summed E-state index contributed by atoms with van der Waals surface area (Å²) in [7, 11) is 0. The highest BCUT2D eigenvalue weighted by Gasteiger charge is 2.49. The van der Waals surface area contributed by atoms with Gasteiger partial charge in [0.15, 0.2) is 0 Å². The number of anilines is 1. The van der Waals surface area contributed by atoms with E-state index >= 15 is 0 Å². The average molecular weight is 382 g/mol. The number of imide groups is 2. The third-order valence-electron chi connectivity index (χ3n) is 5.30. The third-order valence-corrected chi connectivity index (χ3v) is 5.30. The summed E-state index contributed by atoms with van der Waals surface area (Å²) in [6.07, 6.45) is 3.80. The Hall–Kier alpha value is -3.21. The predicted molar refractivity (Wildman–Crippen MR) is 99.8 cm³/mol. The minimum absolute atomic E-state index is 0.134. The second-order valence-electron chi connectivity index (χ2n) is 7.26. The van der Waals surface area contributed by atoms with Crippen LogP contribution < -0.4 is 5.32 Å². The summed E-state index contributed by atoms with van der Waals surface area (Å²) >= 11 is 0. The predicted octanol–water partition coefficient (Wildman–Crippen LogP) is 2.06. The van der Waals surface area contributed by atoms with Gasteiger partial charge in [-0.1, -0.05) is 31.9 Å². The van der Waals surface area contributed by atoms with Crippen molar-refractivity contribution in [2.75, 3.05) is 11.9 Å². The molecular weight excluding hydrogens is 360 g/mol. The van der Waals surface area contributed by atoms with Gasteiger partial charge in [0.05, 0.1) is 12.5 Å². The van der Waals surface area contributed by atoms with Crippen LogP contribution in [0.1, 0.15) is 38.2 Å². The summed E-state index contributed by atoms with van der Waals surface area (Å²) in [5, 5.41) is 11.3. The Balaban J connectivity index is 1.65. The van der Waals surface area contributed by atoms with Gasteiger partial charge in [0, 0.05) is 11.7 Å². The van der Waals surface area contributed by atoms with Crippen molar-refractivity contribution in [3.8, 4) is 6.07 Å². The zero-order valence-corrected chi connectivity index (χ0v) is 15.7. The van der Waals surface area contributed by atoms with Gasteiger partial charge in [-0.3, -0.25) is 19.3 Å². The fourth-order valence-electron chi connectivity index (χ4n) is 3.78. The van der Waals surface area contributed by atoms with Gasteiger partial charge in [-0.25, -0.2) is 9.69 Å². The summed E-state index contributed by atoms with van der Waals surface area (Å²) in [4.78, 5) is 51.4. The molecule has 1 aromatic carbocycles. The maximum atomic E-state index is 12.7. The first-order valence-electron chi connectivity index (χ1n) is 9.37. The second-order valence-corrected chi connectivity index (χ2v) is 7.26. The van der Waals surface area contributed by atoms with Crippen molar-refractivity contribution < 1.29 is 19.2 Å². The van der Waals surface area contributed by atoms with Gasteiger partial charge >= 0.3 is 17.8 Å². The number of rotatable bonds is 5. The van der Waals surface area contributed by atoms with E-state index in [-0.39, 0.29) is 18.4 Å². The van der Waals surface area contributed by atoms with Gasteiger partial charge < -0.3 is 5.32 Å². The Morgan fingerprint density at radius 2 is 1.82 bits per heavy atom. The summed E-state index contributed by atoms with van der Waals surface area (Å²) in [5.74, 6) is -2.24. The van der Waals surface area contributed by atoms with E-state index in [0.717, 1.165) is 29.7 Å². The fourth-order valence-corrected chi connectivity index (χ4v) is 3.78. The van der Waals surface area contributed by atoms with E-state index in [4.69, 9.17) is 5.26 Å². The molecule has 3 rings (SSSR count). The van der Waals surface area contributed by atoms with Crippen molar-refractivity contribution >= 4 is 29.4 Å². The molecule has 1 saturated carbocycles. The molecule has 0 spiro atoms. The molecule has 2 atom stereocenters. The van der Waals surface area contributed by atoms with E-state index in [0.29, 0.717) is 17.0 Å². The summed E-state index contributed by atoms with van der Waals surface area (Å²) in [6, 6.07) is 7.72. The maximum Gasteiger partial charge on any atom is 0.334 e. The van der Waals surface area contributed by atoms with E-state index in [1.807, 2.05) is 13.0 Å². The van der Waals surface area contributed by atoms with Crippen LogP contribution >= 0.6 is 0 Å². The van der Waals surface area contributed by atoms with Crippen molar-refractivity contribution in [1.29, 1.82) is 5.26 Å². The number of hydrogen-bond acceptors (Lipinski definition) is 5. The van der Waals surface area contributed by atoms with Crippen molar-refractivity contribution in [2.24, 2.45) is 5.92 Å². The second kappa shape index (κ2) is 8.21. The first kappa shape index (κ1) is 19.5. The standard InChI is InChI=1S/C20H22N4O4/c1-13-4-2-3-5-16(13)24-19(27)18(26)23(20(24)28)12-17(25)22-15-8-6-14(7-9-15)10-11-21/h6-9,13,16H,2-5,10,12H2,1H3,(H,22,25)/t13-,16-/m0/s1. The van der Waals surface area contributed by atoms with Gasteiger partial charge in [0.1, 0.15) is 6.54 Å². The highest BCUT2D eigenvalue weighted by atomic mass is 16.2. The van der Waals surface area contributed by atoms with E-state index in [2.05, 4.69) is 5.32 Å². The van der Waals surface area contributed by atoms with Gasteiger partial charge in [-0.05, 0) is 36.5 Å². The molecule has 28 heavy (non-hydrogen) atoms. The van der Waals surface area contributed by atoms with Gasteiger partial charge in [-0.15, -0.1) is 0 Å². The molecule has 5 amide bonds. The molecule has 1 aromatic rings. The van der Waals surface area contributed by atoms with Crippen LogP contribution in [0.5, 0.6) is 0 Å². The zero-order valence-electron chi connectivity index (χ0n) is 15.7. The molecule has 8 heteroatoms. The maximum absolute atomic E-state index is 12.7. The molecule has 0 unspecified atom stereocenters. The summed E-state index contributed by atoms with van der Waals surface area (Å²) < 4.78 is 0. The Morgan fingerprint density at radius 1 is 1.14 bits per heavy atom. The lowest BCUT2D eigenvalue weighted by molar-refractivity contribution is -0.145. The van der Waals surface area contributed by atoms with Crippen LogP contribution in [0.4, 0.5) is 10.5 Å². The van der Waals surface area contributed by atoms with Crippen molar-refractivity contribution in [2.45, 2.75) is 45.1 Å². The largest absolute Gasteiger partial charge is 0.334 e. The van der Waals surface area contributed by atoms with Crippen molar-refractivity contribution in [1.82, 2.24) is 9.80 Å². The zero-order chi connectivity index (χ0) is 20.3. The lowest BCUT2D eigenvalue weighted by Crippen LogP contribution is -2.46. The molecule has 146 valence electrons. The lowest BCUT2D eigenvalue weighted by atomic mass is 9.85. The van der Waals surface area contributed by atoms with Gasteiger partial charge in [-0.2, -0.15) is 5.26 Å². The molecule has 1 N–H and O–H groups in total. The SMILES string of the molecule is C[C@H]1CCCC[C@@H]1N1C(=O)C(=O)N(CC(=O)Nc2ccc(CC#N)cc2)C1=O. The van der Waals surface area contributed by atoms with Crippen LogP contribution in [0.15, 0.2) is 24.3 Å². The lowest BCUT2D eigenvalue weighted by Gasteiger charge is -2.34. The monoisotopic (exact) mass is 382 g/mol. The topological polar surface area (TPSA) is 111 Å². The smallest absolute Gasteiger partial charge is 0.325 e. The molecule has 8 nitrogen and oxygen atoms in total. The number of urea groups is 1. The quantitative estimate of drug-likeness (QED) is 0.619. The Kier molecular flexibility index (Phi) is 5.73. The molecule has 1 heterocycles. The van der Waals surface area contributed by atoms with E-state index in [1.54, 1.807) is 24.3 Å². The highest BCUT2D eigenvalue weighted by Crippen LogP contribution is 2.31. The fraction of sp³-hybridized carbons (Fsp3) is 0.450. The van der Waals surface area contributed by atoms with Crippen molar-refractivity contribution in [3.63, 3.8) is 0 Å². The van der Waals surface area contributed by atoms with Crippen LogP contribution in [0, 0.1) is 17.2 Å². The Morgan fingerprint density at radius 3 is 2.46 bits per heavy atom. The molecular formula is C20H22N4O4. The number of nitrogens with one attached hydrogen (secondary N) is 1. The van der Waals surface area contributed by atoms with Gasteiger partial charge in [0.25, 0.3) is 0 Å². The van der Waals surface area contributed by atoms with Gasteiger partial charge in [0.2, 0.25) is 5.91 Å². The molecule has 0 aromatic heterocycles. The number of nitrogens with zero attached hydrogens (tertiary/aromatic N) is 3. The number of nitriles is 1. The first-order valence-corrected chi connectivity index (χ1v) is 9.37. The normalized spacial score (nSPS) is 22.4. The summed E-state index contributed by atoms with van der Waals surface area (Å²) in [6.45, 7) is 1.46. The van der Waals surface area contributed by atoms with Crippen LogP contribution in [0.2, 0.25) is 0 Å². The highest BCUT2D eigenvalue weighted by molar-refractivity contribution is 6.45. The van der Waals surface area contributed by atoms with Crippen molar-refractivity contribution in [3.05, 3.63) is 29.8 Å². The number of benzene rings is 1. The number of amides is 5. The molecule has 0 bridgehead atoms. The minimum Gasteiger partial charge on any atom is -0.325 e. The molecule has 1 saturated heterocycles. The van der Waals surface area contributed by atoms with Crippen LogP contribution in [0.25, 0.3) is 0 Å². The number of hydrogen-bond donors (Lipinski definition) is 1. The van der Waals surface area contributed by atoms with Crippen LogP contribution in [-0.4, -0.2) is 46.1 Å². The summed E-state index contributed by atoms with van der Waals surface area (Å²) in [5.41, 5.74) is 1.29.